The van der Waals surface area contributed by atoms with Crippen LogP contribution in [0.15, 0.2) is 12.2 Å². The second-order valence-corrected chi connectivity index (χ2v) is 17.8. The van der Waals surface area contributed by atoms with E-state index in [4.69, 9.17) is 14.2 Å². The third kappa shape index (κ3) is 47.3. The summed E-state index contributed by atoms with van der Waals surface area (Å²) in [5, 5.41) is 0. The lowest BCUT2D eigenvalue weighted by atomic mass is 10.0. The van der Waals surface area contributed by atoms with Crippen LogP contribution in [-0.2, 0) is 23.8 Å². The number of rotatable bonds is 49. The Labute approximate surface area is 363 Å². The predicted octanol–water partition coefficient (Wildman–Crippen LogP) is 17.5. The van der Waals surface area contributed by atoms with Crippen molar-refractivity contribution in [3.63, 3.8) is 0 Å². The normalized spacial score (nSPS) is 12.1. The molecule has 0 amide bonds. The lowest BCUT2D eigenvalue weighted by Gasteiger charge is -2.18. The van der Waals surface area contributed by atoms with Crippen LogP contribution in [0.5, 0.6) is 0 Å². The van der Waals surface area contributed by atoms with E-state index < -0.39 is 6.10 Å². The molecule has 0 rings (SSSR count). The number of unbranched alkanes of at least 4 members (excludes halogenated alkanes) is 36. The summed E-state index contributed by atoms with van der Waals surface area (Å²) in [4.78, 5) is 25.2. The third-order valence-corrected chi connectivity index (χ3v) is 11.8. The molecule has 0 aromatic carbocycles. The highest BCUT2D eigenvalue weighted by Gasteiger charge is 2.17. The first-order valence-electron chi connectivity index (χ1n) is 26.2. The molecule has 0 fully saturated rings. The van der Waals surface area contributed by atoms with Crippen molar-refractivity contribution in [2.75, 3.05) is 19.8 Å². The maximum atomic E-state index is 12.7. The van der Waals surface area contributed by atoms with Gasteiger partial charge in [-0.3, -0.25) is 9.59 Å². The molecule has 0 radical (unpaired) electrons. The molecule has 0 N–H and O–H groups in total. The molecule has 58 heavy (non-hydrogen) atoms. The molecule has 5 heteroatoms. The Morgan fingerprint density at radius 3 is 1.05 bits per heavy atom. The molecule has 1 atom stereocenters. The SMILES string of the molecule is CCCCCCCC/C=C\CCCCCCCCCCCCOCC(COC(=O)CCCCCCCCCCCCCCCCC)OC(=O)CCCCCCCCC. The quantitative estimate of drug-likeness (QED) is 0.0348. The molecule has 344 valence electrons. The Hall–Kier alpha value is -1.36. The summed E-state index contributed by atoms with van der Waals surface area (Å²) < 4.78 is 17.3. The van der Waals surface area contributed by atoms with Crippen LogP contribution in [0.25, 0.3) is 0 Å². The van der Waals surface area contributed by atoms with Crippen LogP contribution in [0.2, 0.25) is 0 Å². The number of carbonyl (C=O) groups is 2. The van der Waals surface area contributed by atoms with Gasteiger partial charge in [0.05, 0.1) is 6.61 Å². The van der Waals surface area contributed by atoms with E-state index in [1.165, 1.54) is 225 Å². The zero-order valence-corrected chi connectivity index (χ0v) is 39.6. The lowest BCUT2D eigenvalue weighted by molar-refractivity contribution is -0.163. The maximum Gasteiger partial charge on any atom is 0.306 e. The minimum Gasteiger partial charge on any atom is -0.462 e. The van der Waals surface area contributed by atoms with E-state index in [9.17, 15) is 9.59 Å². The van der Waals surface area contributed by atoms with Gasteiger partial charge in [0.15, 0.2) is 6.10 Å². The standard InChI is InChI=1S/C53H102O5/c1-4-7-10-13-16-18-20-22-24-25-26-27-28-30-32-34-36-39-42-45-48-56-49-51(58-53(55)47-44-41-37-15-12-9-6-3)50-57-52(54)46-43-40-38-35-33-31-29-23-21-19-17-14-11-8-5-2/h22,24,51H,4-21,23,25-50H2,1-3H3/b24-22-. The minimum absolute atomic E-state index is 0.0935. The smallest absolute Gasteiger partial charge is 0.306 e. The largest absolute Gasteiger partial charge is 0.462 e. The summed E-state index contributed by atoms with van der Waals surface area (Å²) in [5.41, 5.74) is 0. The van der Waals surface area contributed by atoms with Crippen molar-refractivity contribution in [2.24, 2.45) is 0 Å². The number of ether oxygens (including phenoxy) is 3. The van der Waals surface area contributed by atoms with Gasteiger partial charge in [0.25, 0.3) is 0 Å². The van der Waals surface area contributed by atoms with Gasteiger partial charge in [0.1, 0.15) is 6.61 Å². The summed E-state index contributed by atoms with van der Waals surface area (Å²) in [6.07, 6.45) is 56.6. The number of hydrogen-bond acceptors (Lipinski definition) is 5. The van der Waals surface area contributed by atoms with Gasteiger partial charge >= 0.3 is 11.9 Å². The topological polar surface area (TPSA) is 61.8 Å². The fraction of sp³-hybridized carbons (Fsp3) is 0.925. The average Bonchev–Trinajstić information content (AvgIpc) is 3.22. The predicted molar refractivity (Wildman–Crippen MR) is 252 cm³/mol. The fourth-order valence-corrected chi connectivity index (χ4v) is 7.86. The Kier molecular flexibility index (Phi) is 48.8. The molecule has 0 aromatic rings. The monoisotopic (exact) mass is 819 g/mol. The van der Waals surface area contributed by atoms with Crippen molar-refractivity contribution in [1.29, 1.82) is 0 Å². The molecule has 0 saturated heterocycles. The number of esters is 2. The van der Waals surface area contributed by atoms with Crippen molar-refractivity contribution < 1.29 is 23.8 Å². The second kappa shape index (κ2) is 50.0. The second-order valence-electron chi connectivity index (χ2n) is 17.8. The van der Waals surface area contributed by atoms with Crippen molar-refractivity contribution in [1.82, 2.24) is 0 Å². The van der Waals surface area contributed by atoms with E-state index in [2.05, 4.69) is 32.9 Å². The summed E-state index contributed by atoms with van der Waals surface area (Å²) in [5.74, 6) is -0.384. The number of allylic oxidation sites excluding steroid dienone is 2. The van der Waals surface area contributed by atoms with Crippen LogP contribution in [0.4, 0.5) is 0 Å². The first-order chi connectivity index (χ1) is 28.6. The van der Waals surface area contributed by atoms with Gasteiger partial charge in [-0.1, -0.05) is 245 Å². The van der Waals surface area contributed by atoms with E-state index in [1.807, 2.05) is 0 Å². The molecule has 5 nitrogen and oxygen atoms in total. The first kappa shape index (κ1) is 56.6. The van der Waals surface area contributed by atoms with Crippen LogP contribution in [0, 0.1) is 0 Å². The van der Waals surface area contributed by atoms with Gasteiger partial charge in [0, 0.05) is 19.4 Å². The average molecular weight is 819 g/mol. The van der Waals surface area contributed by atoms with E-state index in [1.54, 1.807) is 0 Å². The van der Waals surface area contributed by atoms with E-state index >= 15 is 0 Å². The highest BCUT2D eigenvalue weighted by atomic mass is 16.6. The molecule has 0 aliphatic heterocycles. The summed E-state index contributed by atoms with van der Waals surface area (Å²) in [6, 6.07) is 0. The molecular weight excluding hydrogens is 717 g/mol. The maximum absolute atomic E-state index is 12.7. The van der Waals surface area contributed by atoms with Crippen molar-refractivity contribution in [3.05, 3.63) is 12.2 Å². The molecule has 0 aromatic heterocycles. The highest BCUT2D eigenvalue weighted by molar-refractivity contribution is 5.70. The molecular formula is C53H102O5. The Morgan fingerprint density at radius 1 is 0.362 bits per heavy atom. The Bertz CT molecular complexity index is 840. The van der Waals surface area contributed by atoms with Crippen LogP contribution in [0.1, 0.15) is 290 Å². The van der Waals surface area contributed by atoms with E-state index in [0.717, 1.165) is 32.1 Å². The zero-order chi connectivity index (χ0) is 42.1. The molecule has 0 bridgehead atoms. The molecule has 0 saturated carbocycles. The highest BCUT2D eigenvalue weighted by Crippen LogP contribution is 2.16. The number of carbonyl (C=O) groups excluding carboxylic acids is 2. The summed E-state index contributed by atoms with van der Waals surface area (Å²) >= 11 is 0. The van der Waals surface area contributed by atoms with Gasteiger partial charge in [-0.2, -0.15) is 0 Å². The van der Waals surface area contributed by atoms with Crippen molar-refractivity contribution in [2.45, 2.75) is 297 Å². The van der Waals surface area contributed by atoms with Crippen LogP contribution in [-0.4, -0.2) is 37.9 Å². The van der Waals surface area contributed by atoms with Gasteiger partial charge in [-0.15, -0.1) is 0 Å². The Balaban J connectivity index is 4.03. The van der Waals surface area contributed by atoms with Gasteiger partial charge in [-0.05, 0) is 44.9 Å². The van der Waals surface area contributed by atoms with Crippen LogP contribution < -0.4 is 0 Å². The molecule has 1 unspecified atom stereocenters. The minimum atomic E-state index is -0.525. The zero-order valence-electron chi connectivity index (χ0n) is 39.6. The third-order valence-electron chi connectivity index (χ3n) is 11.8. The molecule has 0 aliphatic rings. The van der Waals surface area contributed by atoms with Crippen LogP contribution in [0.3, 0.4) is 0 Å². The Morgan fingerprint density at radius 2 is 0.672 bits per heavy atom. The van der Waals surface area contributed by atoms with E-state index in [-0.39, 0.29) is 18.5 Å². The molecule has 0 aliphatic carbocycles. The molecule has 0 heterocycles. The van der Waals surface area contributed by atoms with E-state index in [0.29, 0.717) is 26.1 Å². The van der Waals surface area contributed by atoms with Gasteiger partial charge in [0.2, 0.25) is 0 Å². The van der Waals surface area contributed by atoms with Gasteiger partial charge < -0.3 is 14.2 Å². The first-order valence-corrected chi connectivity index (χ1v) is 26.2. The lowest BCUT2D eigenvalue weighted by Crippen LogP contribution is -2.30. The summed E-state index contributed by atoms with van der Waals surface area (Å²) in [7, 11) is 0. The summed E-state index contributed by atoms with van der Waals surface area (Å²) in [6.45, 7) is 7.85. The molecule has 0 spiro atoms. The fourth-order valence-electron chi connectivity index (χ4n) is 7.86. The van der Waals surface area contributed by atoms with Crippen molar-refractivity contribution in [3.8, 4) is 0 Å². The van der Waals surface area contributed by atoms with Crippen LogP contribution >= 0.6 is 0 Å². The number of hydrogen-bond donors (Lipinski definition) is 0. The van der Waals surface area contributed by atoms with Gasteiger partial charge in [-0.25, -0.2) is 0 Å². The van der Waals surface area contributed by atoms with Crippen molar-refractivity contribution >= 4 is 11.9 Å².